The van der Waals surface area contributed by atoms with Gasteiger partial charge in [-0.15, -0.1) is 0 Å². The lowest BCUT2D eigenvalue weighted by Gasteiger charge is -2.32. The zero-order valence-electron chi connectivity index (χ0n) is 22.1. The van der Waals surface area contributed by atoms with E-state index in [1.165, 1.54) is 12.5 Å². The molecule has 0 saturated carbocycles. The minimum atomic E-state index is -0.0455. The van der Waals surface area contributed by atoms with E-state index in [9.17, 15) is 9.59 Å². The summed E-state index contributed by atoms with van der Waals surface area (Å²) in [5.74, 6) is 1.24. The SMILES string of the molecule is CC(=O)Nc1cccc(C2CCN(CCCn3nc(N(C)c4ccccc4)c4ccccc4c3=O)CC2)c1. The molecule has 0 spiro atoms. The molecule has 4 aromatic rings. The number of anilines is 3. The third-order valence-corrected chi connectivity index (χ3v) is 7.42. The van der Waals surface area contributed by atoms with E-state index < -0.39 is 0 Å². The Bertz CT molecular complexity index is 1460. The van der Waals surface area contributed by atoms with Crippen LogP contribution in [0.1, 0.15) is 37.7 Å². The van der Waals surface area contributed by atoms with Gasteiger partial charge in [0.2, 0.25) is 5.91 Å². The van der Waals surface area contributed by atoms with Crippen molar-refractivity contribution >= 4 is 33.9 Å². The quantitative estimate of drug-likeness (QED) is 0.345. The predicted octanol–water partition coefficient (Wildman–Crippen LogP) is 5.39. The van der Waals surface area contributed by atoms with Crippen molar-refractivity contribution in [2.24, 2.45) is 0 Å². The van der Waals surface area contributed by atoms with Crippen LogP contribution in [0.2, 0.25) is 0 Å². The van der Waals surface area contributed by atoms with Gasteiger partial charge in [-0.2, -0.15) is 5.10 Å². The number of carbonyl (C=O) groups excluding carboxylic acids is 1. The largest absolute Gasteiger partial charge is 0.328 e. The van der Waals surface area contributed by atoms with Crippen LogP contribution in [0.3, 0.4) is 0 Å². The van der Waals surface area contributed by atoms with Crippen molar-refractivity contribution in [2.75, 3.05) is 36.9 Å². The molecule has 1 aromatic heterocycles. The minimum Gasteiger partial charge on any atom is -0.328 e. The van der Waals surface area contributed by atoms with Gasteiger partial charge < -0.3 is 15.1 Å². The number of nitrogens with one attached hydrogen (secondary N) is 1. The van der Waals surface area contributed by atoms with Gasteiger partial charge in [0.1, 0.15) is 0 Å². The number of amides is 1. The molecule has 1 aliphatic rings. The fraction of sp³-hybridized carbons (Fsp3) is 0.323. The van der Waals surface area contributed by atoms with Crippen molar-refractivity contribution in [1.29, 1.82) is 0 Å². The second-order valence-electron chi connectivity index (χ2n) is 10.1. The van der Waals surface area contributed by atoms with Gasteiger partial charge in [0.05, 0.1) is 5.39 Å². The van der Waals surface area contributed by atoms with Crippen LogP contribution in [0.25, 0.3) is 10.8 Å². The molecule has 0 bridgehead atoms. The molecule has 1 aliphatic heterocycles. The molecule has 1 saturated heterocycles. The fourth-order valence-electron chi connectivity index (χ4n) is 5.40. The van der Waals surface area contributed by atoms with Crippen LogP contribution in [0.5, 0.6) is 0 Å². The van der Waals surface area contributed by atoms with Crippen molar-refractivity contribution in [1.82, 2.24) is 14.7 Å². The highest BCUT2D eigenvalue weighted by Gasteiger charge is 2.21. The first kappa shape index (κ1) is 25.7. The van der Waals surface area contributed by atoms with E-state index in [-0.39, 0.29) is 11.5 Å². The summed E-state index contributed by atoms with van der Waals surface area (Å²) in [7, 11) is 1.99. The summed E-state index contributed by atoms with van der Waals surface area (Å²) in [4.78, 5) is 29.2. The zero-order valence-corrected chi connectivity index (χ0v) is 22.1. The second kappa shape index (κ2) is 11.6. The predicted molar refractivity (Wildman–Crippen MR) is 154 cm³/mol. The number of hydrogen-bond acceptors (Lipinski definition) is 5. The molecule has 2 heterocycles. The Morgan fingerprint density at radius 1 is 0.947 bits per heavy atom. The summed E-state index contributed by atoms with van der Waals surface area (Å²) in [5, 5.41) is 9.27. The maximum atomic E-state index is 13.3. The zero-order chi connectivity index (χ0) is 26.5. The lowest BCUT2D eigenvalue weighted by atomic mass is 9.89. The molecule has 1 amide bonds. The highest BCUT2D eigenvalue weighted by molar-refractivity contribution is 5.93. The lowest BCUT2D eigenvalue weighted by Crippen LogP contribution is -2.35. The Hall–Kier alpha value is -3.97. The topological polar surface area (TPSA) is 70.5 Å². The summed E-state index contributed by atoms with van der Waals surface area (Å²) >= 11 is 0. The van der Waals surface area contributed by atoms with E-state index in [0.29, 0.717) is 17.8 Å². The van der Waals surface area contributed by atoms with Crippen LogP contribution in [-0.4, -0.2) is 47.3 Å². The fourth-order valence-corrected chi connectivity index (χ4v) is 5.40. The van der Waals surface area contributed by atoms with Gasteiger partial charge >= 0.3 is 0 Å². The second-order valence-corrected chi connectivity index (χ2v) is 10.1. The summed E-state index contributed by atoms with van der Waals surface area (Å²) in [5.41, 5.74) is 3.14. The molecule has 38 heavy (non-hydrogen) atoms. The van der Waals surface area contributed by atoms with Crippen LogP contribution in [0.4, 0.5) is 17.2 Å². The number of benzene rings is 3. The molecular formula is C31H35N5O2. The smallest absolute Gasteiger partial charge is 0.274 e. The van der Waals surface area contributed by atoms with Gasteiger partial charge in [0, 0.05) is 37.3 Å². The molecule has 3 aromatic carbocycles. The van der Waals surface area contributed by atoms with Crippen LogP contribution in [0, 0.1) is 0 Å². The Morgan fingerprint density at radius 2 is 1.66 bits per heavy atom. The van der Waals surface area contributed by atoms with Crippen molar-refractivity contribution in [3.63, 3.8) is 0 Å². The van der Waals surface area contributed by atoms with E-state index in [0.717, 1.165) is 61.5 Å². The summed E-state index contributed by atoms with van der Waals surface area (Å²) in [6, 6.07) is 26.1. The van der Waals surface area contributed by atoms with Crippen LogP contribution in [-0.2, 0) is 11.3 Å². The molecule has 0 radical (unpaired) electrons. The maximum Gasteiger partial charge on any atom is 0.274 e. The molecule has 0 unspecified atom stereocenters. The summed E-state index contributed by atoms with van der Waals surface area (Å²) in [6.07, 6.45) is 3.04. The Kier molecular flexibility index (Phi) is 7.84. The van der Waals surface area contributed by atoms with Crippen LogP contribution >= 0.6 is 0 Å². The third-order valence-electron chi connectivity index (χ3n) is 7.42. The lowest BCUT2D eigenvalue weighted by molar-refractivity contribution is -0.114. The molecule has 196 valence electrons. The van der Waals surface area contributed by atoms with Gasteiger partial charge in [0.25, 0.3) is 5.56 Å². The number of likely N-dealkylation sites (tertiary alicyclic amines) is 1. The number of carbonyl (C=O) groups is 1. The van der Waals surface area contributed by atoms with Gasteiger partial charge in [-0.3, -0.25) is 9.59 Å². The van der Waals surface area contributed by atoms with Crippen molar-refractivity contribution < 1.29 is 4.79 Å². The molecule has 5 rings (SSSR count). The molecule has 1 N–H and O–H groups in total. The Balaban J connectivity index is 1.23. The minimum absolute atomic E-state index is 0.0384. The van der Waals surface area contributed by atoms with Crippen LogP contribution in [0.15, 0.2) is 83.7 Å². The third kappa shape index (κ3) is 5.78. The van der Waals surface area contributed by atoms with Gasteiger partial charge in [-0.25, -0.2) is 4.68 Å². The molecular weight excluding hydrogens is 474 g/mol. The number of aryl methyl sites for hydroxylation is 1. The number of nitrogens with zero attached hydrogens (tertiary/aromatic N) is 4. The highest BCUT2D eigenvalue weighted by Crippen LogP contribution is 2.30. The number of rotatable bonds is 8. The molecule has 7 nitrogen and oxygen atoms in total. The van der Waals surface area contributed by atoms with E-state index in [2.05, 4.69) is 22.3 Å². The molecule has 7 heteroatoms. The first-order chi connectivity index (χ1) is 18.5. The number of piperidine rings is 1. The molecule has 0 atom stereocenters. The maximum absolute atomic E-state index is 13.3. The Labute approximate surface area is 223 Å². The number of aromatic nitrogens is 2. The highest BCUT2D eigenvalue weighted by atomic mass is 16.1. The first-order valence-electron chi connectivity index (χ1n) is 13.4. The van der Waals surface area contributed by atoms with Crippen molar-refractivity contribution in [3.05, 3.63) is 94.8 Å². The van der Waals surface area contributed by atoms with E-state index in [1.807, 2.05) is 78.7 Å². The van der Waals surface area contributed by atoms with Crippen molar-refractivity contribution in [3.8, 4) is 0 Å². The van der Waals surface area contributed by atoms with Crippen LogP contribution < -0.4 is 15.8 Å². The average Bonchev–Trinajstić information content (AvgIpc) is 2.94. The van der Waals surface area contributed by atoms with Gasteiger partial charge in [0.15, 0.2) is 5.82 Å². The standard InChI is InChI=1S/C31H35N5O2/c1-23(37)32-26-11-8-10-25(22-26)24-16-20-35(21-17-24)18-9-19-36-31(38)29-15-7-6-14-28(29)30(33-36)34(2)27-12-4-3-5-13-27/h3-8,10-15,22,24H,9,16-21H2,1-2H3,(H,32,37). The van der Waals surface area contributed by atoms with E-state index in [4.69, 9.17) is 5.10 Å². The molecule has 0 aliphatic carbocycles. The number of hydrogen-bond donors (Lipinski definition) is 1. The monoisotopic (exact) mass is 509 g/mol. The summed E-state index contributed by atoms with van der Waals surface area (Å²) < 4.78 is 1.64. The average molecular weight is 510 g/mol. The Morgan fingerprint density at radius 3 is 2.39 bits per heavy atom. The number of fused-ring (bicyclic) bond motifs is 1. The van der Waals surface area contributed by atoms with Crippen molar-refractivity contribution in [2.45, 2.75) is 38.6 Å². The van der Waals surface area contributed by atoms with Gasteiger partial charge in [-0.05, 0) is 80.7 Å². The normalized spacial score (nSPS) is 14.5. The van der Waals surface area contributed by atoms with E-state index >= 15 is 0 Å². The van der Waals surface area contributed by atoms with E-state index in [1.54, 1.807) is 4.68 Å². The van der Waals surface area contributed by atoms with Gasteiger partial charge in [-0.1, -0.05) is 48.5 Å². The number of para-hydroxylation sites is 1. The summed E-state index contributed by atoms with van der Waals surface area (Å²) in [6.45, 7) is 5.10. The molecule has 1 fully saturated rings. The first-order valence-corrected chi connectivity index (χ1v) is 13.4.